The molecule has 0 atom stereocenters. The Balaban J connectivity index is 1.48. The Labute approximate surface area is 171 Å². The number of anilines is 2. The van der Waals surface area contributed by atoms with Crippen LogP contribution in [-0.4, -0.2) is 53.4 Å². The second kappa shape index (κ2) is 9.74. The van der Waals surface area contributed by atoms with Gasteiger partial charge in [0.05, 0.1) is 17.0 Å². The van der Waals surface area contributed by atoms with Gasteiger partial charge in [0.15, 0.2) is 6.61 Å². The van der Waals surface area contributed by atoms with Gasteiger partial charge in [0.25, 0.3) is 11.1 Å². The van der Waals surface area contributed by atoms with Gasteiger partial charge in [0.1, 0.15) is 0 Å². The van der Waals surface area contributed by atoms with Gasteiger partial charge in [0, 0.05) is 18.8 Å². The molecule has 1 heterocycles. The molecular weight excluding hydrogens is 394 g/mol. The number of thioether (sulfide) groups is 1. The summed E-state index contributed by atoms with van der Waals surface area (Å²) in [7, 11) is 0. The first-order valence-corrected chi connectivity index (χ1v) is 9.85. The number of esters is 1. The van der Waals surface area contributed by atoms with Gasteiger partial charge in [-0.15, -0.1) is 0 Å². The zero-order valence-electron chi connectivity index (χ0n) is 15.4. The Morgan fingerprint density at radius 1 is 1.03 bits per heavy atom. The third-order valence-electron chi connectivity index (χ3n) is 4.03. The molecule has 3 rings (SSSR count). The van der Waals surface area contributed by atoms with Gasteiger partial charge in [-0.3, -0.25) is 19.3 Å². The number of ether oxygens (including phenoxy) is 1. The minimum atomic E-state index is -0.638. The molecule has 0 aromatic heterocycles. The predicted octanol–water partition coefficient (Wildman–Crippen LogP) is 2.40. The number of imide groups is 1. The number of benzene rings is 2. The summed E-state index contributed by atoms with van der Waals surface area (Å²) in [4.78, 5) is 48.3. The molecule has 150 valence electrons. The number of amides is 3. The lowest BCUT2D eigenvalue weighted by molar-refractivity contribution is -0.126. The molecule has 0 saturated carbocycles. The average molecular weight is 413 g/mol. The van der Waals surface area contributed by atoms with Crippen molar-refractivity contribution in [2.45, 2.75) is 0 Å². The number of hydrogen-bond donors (Lipinski definition) is 2. The number of carbonyl (C=O) groups excluding carboxylic acids is 4. The van der Waals surface area contributed by atoms with Crippen molar-refractivity contribution >= 4 is 46.2 Å². The van der Waals surface area contributed by atoms with Gasteiger partial charge in [-0.2, -0.15) is 0 Å². The molecule has 2 aromatic rings. The zero-order valence-corrected chi connectivity index (χ0v) is 16.2. The van der Waals surface area contributed by atoms with E-state index >= 15 is 0 Å². The highest BCUT2D eigenvalue weighted by Crippen LogP contribution is 2.21. The van der Waals surface area contributed by atoms with Crippen LogP contribution in [0.3, 0.4) is 0 Å². The highest BCUT2D eigenvalue weighted by atomic mass is 32.2. The van der Waals surface area contributed by atoms with Crippen molar-refractivity contribution in [3.8, 4) is 0 Å². The van der Waals surface area contributed by atoms with E-state index < -0.39 is 18.5 Å². The summed E-state index contributed by atoms with van der Waals surface area (Å²) in [5.74, 6) is -1.30. The molecular formula is C20H19N3O5S. The van der Waals surface area contributed by atoms with Crippen LogP contribution in [0.25, 0.3) is 0 Å². The molecule has 0 bridgehead atoms. The molecule has 1 saturated heterocycles. The van der Waals surface area contributed by atoms with E-state index in [0.29, 0.717) is 11.3 Å². The van der Waals surface area contributed by atoms with Crippen LogP contribution in [0.1, 0.15) is 10.4 Å². The molecule has 1 aliphatic rings. The van der Waals surface area contributed by atoms with Crippen LogP contribution in [0.15, 0.2) is 54.6 Å². The fraction of sp³-hybridized carbons (Fsp3) is 0.200. The molecule has 1 fully saturated rings. The maximum Gasteiger partial charge on any atom is 0.340 e. The Hall–Kier alpha value is -3.33. The van der Waals surface area contributed by atoms with E-state index in [-0.39, 0.29) is 30.0 Å². The van der Waals surface area contributed by atoms with Crippen molar-refractivity contribution in [1.82, 2.24) is 10.2 Å². The number of hydrogen-bond acceptors (Lipinski definition) is 7. The summed E-state index contributed by atoms with van der Waals surface area (Å²) in [6.07, 6.45) is 0. The van der Waals surface area contributed by atoms with Crippen molar-refractivity contribution in [1.29, 1.82) is 0 Å². The first-order chi connectivity index (χ1) is 14.0. The van der Waals surface area contributed by atoms with Gasteiger partial charge >= 0.3 is 5.97 Å². The molecule has 8 nitrogen and oxygen atoms in total. The fourth-order valence-corrected chi connectivity index (χ4v) is 3.36. The summed E-state index contributed by atoms with van der Waals surface area (Å²) in [5.41, 5.74) is 1.68. The molecule has 9 heteroatoms. The van der Waals surface area contributed by atoms with E-state index in [1.807, 2.05) is 30.3 Å². The third-order valence-corrected chi connectivity index (χ3v) is 4.89. The first-order valence-electron chi connectivity index (χ1n) is 8.86. The number of rotatable bonds is 8. The molecule has 0 spiro atoms. The van der Waals surface area contributed by atoms with Crippen LogP contribution in [0, 0.1) is 0 Å². The Morgan fingerprint density at radius 2 is 1.76 bits per heavy atom. The SMILES string of the molecule is O=C(COC(=O)c1ccccc1Nc1ccccc1)NCCN1C(=O)CSC1=O. The Morgan fingerprint density at radius 3 is 2.48 bits per heavy atom. The van der Waals surface area contributed by atoms with Gasteiger partial charge < -0.3 is 15.4 Å². The smallest absolute Gasteiger partial charge is 0.340 e. The normalized spacial score (nSPS) is 13.3. The molecule has 0 unspecified atom stereocenters. The van der Waals surface area contributed by atoms with Crippen molar-refractivity contribution in [2.75, 3.05) is 30.8 Å². The molecule has 2 aromatic carbocycles. The number of para-hydroxylation sites is 2. The highest BCUT2D eigenvalue weighted by Gasteiger charge is 2.29. The van der Waals surface area contributed by atoms with E-state index in [1.54, 1.807) is 24.3 Å². The molecule has 2 N–H and O–H groups in total. The van der Waals surface area contributed by atoms with Crippen LogP contribution >= 0.6 is 11.8 Å². The van der Waals surface area contributed by atoms with Crippen LogP contribution in [0.4, 0.5) is 16.2 Å². The van der Waals surface area contributed by atoms with Crippen LogP contribution < -0.4 is 10.6 Å². The number of carbonyl (C=O) groups is 4. The van der Waals surface area contributed by atoms with Crippen LogP contribution in [0.5, 0.6) is 0 Å². The van der Waals surface area contributed by atoms with Crippen LogP contribution in [-0.2, 0) is 14.3 Å². The fourth-order valence-electron chi connectivity index (χ4n) is 2.61. The minimum Gasteiger partial charge on any atom is -0.452 e. The number of nitrogens with one attached hydrogen (secondary N) is 2. The average Bonchev–Trinajstić information content (AvgIpc) is 3.05. The lowest BCUT2D eigenvalue weighted by Gasteiger charge is -2.14. The minimum absolute atomic E-state index is 0.0915. The predicted molar refractivity (Wildman–Crippen MR) is 109 cm³/mol. The summed E-state index contributed by atoms with van der Waals surface area (Å²) in [6.45, 7) is -0.274. The Kier molecular flexibility index (Phi) is 6.85. The monoisotopic (exact) mass is 413 g/mol. The van der Waals surface area contributed by atoms with E-state index in [9.17, 15) is 19.2 Å². The van der Waals surface area contributed by atoms with Crippen molar-refractivity contribution in [3.05, 3.63) is 60.2 Å². The summed E-state index contributed by atoms with van der Waals surface area (Å²) < 4.78 is 5.09. The summed E-state index contributed by atoms with van der Waals surface area (Å²) >= 11 is 0.935. The summed E-state index contributed by atoms with van der Waals surface area (Å²) in [5, 5.41) is 5.35. The maximum absolute atomic E-state index is 12.4. The Bertz CT molecular complexity index is 903. The first kappa shape index (κ1) is 20.4. The van der Waals surface area contributed by atoms with Crippen molar-refractivity contribution in [3.63, 3.8) is 0 Å². The topological polar surface area (TPSA) is 105 Å². The lowest BCUT2D eigenvalue weighted by atomic mass is 10.1. The standard InChI is InChI=1S/C20H19N3O5S/c24-17(21-10-11-23-18(25)13-29-20(23)27)12-28-19(26)15-8-4-5-9-16(15)22-14-6-2-1-3-7-14/h1-9,22H,10-13H2,(H,21,24). The third kappa shape index (κ3) is 5.58. The highest BCUT2D eigenvalue weighted by molar-refractivity contribution is 8.14. The molecule has 0 radical (unpaired) electrons. The lowest BCUT2D eigenvalue weighted by Crippen LogP contribution is -2.38. The molecule has 0 aliphatic carbocycles. The largest absolute Gasteiger partial charge is 0.452 e. The second-order valence-corrected chi connectivity index (χ2v) is 6.99. The van der Waals surface area contributed by atoms with Gasteiger partial charge in [0.2, 0.25) is 5.91 Å². The second-order valence-electron chi connectivity index (χ2n) is 6.06. The summed E-state index contributed by atoms with van der Waals surface area (Å²) in [6, 6.07) is 16.2. The van der Waals surface area contributed by atoms with Crippen molar-refractivity contribution < 1.29 is 23.9 Å². The van der Waals surface area contributed by atoms with Crippen LogP contribution in [0.2, 0.25) is 0 Å². The number of nitrogens with zero attached hydrogens (tertiary/aromatic N) is 1. The van der Waals surface area contributed by atoms with E-state index in [1.165, 1.54) is 0 Å². The quantitative estimate of drug-likeness (QED) is 0.640. The zero-order chi connectivity index (χ0) is 20.6. The molecule has 29 heavy (non-hydrogen) atoms. The molecule has 3 amide bonds. The molecule has 1 aliphatic heterocycles. The maximum atomic E-state index is 12.4. The van der Waals surface area contributed by atoms with Gasteiger partial charge in [-0.25, -0.2) is 4.79 Å². The van der Waals surface area contributed by atoms with E-state index in [2.05, 4.69) is 10.6 Å². The van der Waals surface area contributed by atoms with Crippen molar-refractivity contribution in [2.24, 2.45) is 0 Å². The van der Waals surface area contributed by atoms with E-state index in [4.69, 9.17) is 4.74 Å². The van der Waals surface area contributed by atoms with E-state index in [0.717, 1.165) is 22.3 Å². The van der Waals surface area contributed by atoms with Gasteiger partial charge in [-0.1, -0.05) is 42.1 Å². The van der Waals surface area contributed by atoms with Gasteiger partial charge in [-0.05, 0) is 24.3 Å².